The lowest BCUT2D eigenvalue weighted by molar-refractivity contribution is 0.0594. The molecule has 1 aliphatic rings. The second-order valence-corrected chi connectivity index (χ2v) is 14.5. The molecule has 8 heteroatoms. The summed E-state index contributed by atoms with van der Waals surface area (Å²) in [6.07, 6.45) is 1.68. The number of hydrogen-bond acceptors (Lipinski definition) is 6. The van der Waals surface area contributed by atoms with Crippen LogP contribution in [0.1, 0.15) is 36.8 Å². The van der Waals surface area contributed by atoms with E-state index in [0.717, 1.165) is 18.8 Å². The number of carbonyl (C=O) groups is 1. The Morgan fingerprint density at radius 2 is 1.75 bits per heavy atom. The zero-order valence-corrected chi connectivity index (χ0v) is 20.9. The molecule has 0 atom stereocenters. The highest BCUT2D eigenvalue weighted by molar-refractivity contribution is 6.74. The standard InChI is InChI=1S/C24H34FN3O3Si/c1-24(2,3)32(5,6)31-17-18-8-7-9-21(22(18)25)28-14-12-27(13-15-28)19-10-11-20(26-16-19)23(29)30-4/h7-11,16H,12-15,17H2,1-6H3. The summed E-state index contributed by atoms with van der Waals surface area (Å²) in [5.41, 5.74) is 2.46. The van der Waals surface area contributed by atoms with Crippen LogP contribution in [0.4, 0.5) is 15.8 Å². The molecule has 3 rings (SSSR count). The number of piperazine rings is 1. The molecule has 0 N–H and O–H groups in total. The second-order valence-electron chi connectivity index (χ2n) is 9.67. The number of halogens is 1. The van der Waals surface area contributed by atoms with Crippen molar-refractivity contribution >= 4 is 25.7 Å². The summed E-state index contributed by atoms with van der Waals surface area (Å²) in [7, 11) is -0.612. The Bertz CT molecular complexity index is 936. The van der Waals surface area contributed by atoms with Gasteiger partial charge in [0.2, 0.25) is 0 Å². The van der Waals surface area contributed by atoms with Gasteiger partial charge in [0, 0.05) is 31.7 Å². The van der Waals surface area contributed by atoms with Gasteiger partial charge in [-0.05, 0) is 36.3 Å². The van der Waals surface area contributed by atoms with Crippen LogP contribution in [0.5, 0.6) is 0 Å². The molecule has 1 aromatic carbocycles. The number of anilines is 2. The molecule has 1 fully saturated rings. The highest BCUT2D eigenvalue weighted by Gasteiger charge is 2.37. The van der Waals surface area contributed by atoms with E-state index in [2.05, 4.69) is 48.6 Å². The fourth-order valence-corrected chi connectivity index (χ4v) is 4.35. The number of rotatable bonds is 6. The topological polar surface area (TPSA) is 54.9 Å². The number of aromatic nitrogens is 1. The van der Waals surface area contributed by atoms with Gasteiger partial charge in [0.05, 0.1) is 31.3 Å². The first-order valence-corrected chi connectivity index (χ1v) is 13.9. The maximum absolute atomic E-state index is 15.3. The van der Waals surface area contributed by atoms with E-state index in [4.69, 9.17) is 9.16 Å². The molecule has 174 valence electrons. The van der Waals surface area contributed by atoms with E-state index in [0.29, 0.717) is 30.9 Å². The highest BCUT2D eigenvalue weighted by Crippen LogP contribution is 2.37. The molecule has 2 aromatic rings. The quantitative estimate of drug-likeness (QED) is 0.454. The van der Waals surface area contributed by atoms with Crippen molar-refractivity contribution in [2.75, 3.05) is 43.1 Å². The normalized spacial score (nSPS) is 15.1. The van der Waals surface area contributed by atoms with Crippen molar-refractivity contribution in [3.05, 3.63) is 53.6 Å². The third kappa shape index (κ3) is 5.30. The number of esters is 1. The molecule has 0 spiro atoms. The van der Waals surface area contributed by atoms with Crippen molar-refractivity contribution in [1.29, 1.82) is 0 Å². The number of pyridine rings is 1. The first kappa shape index (κ1) is 24.2. The Kier molecular flexibility index (Phi) is 7.24. The summed E-state index contributed by atoms with van der Waals surface area (Å²) in [6.45, 7) is 14.1. The summed E-state index contributed by atoms with van der Waals surface area (Å²) in [4.78, 5) is 20.0. The average Bonchev–Trinajstić information content (AvgIpc) is 2.77. The first-order chi connectivity index (χ1) is 15.0. The van der Waals surface area contributed by atoms with E-state index in [1.807, 2.05) is 24.3 Å². The van der Waals surface area contributed by atoms with Crippen LogP contribution >= 0.6 is 0 Å². The Balaban J connectivity index is 1.64. The van der Waals surface area contributed by atoms with E-state index >= 15 is 4.39 Å². The van der Waals surface area contributed by atoms with Crippen LogP contribution in [0.3, 0.4) is 0 Å². The van der Waals surface area contributed by atoms with E-state index < -0.39 is 14.3 Å². The molecule has 1 saturated heterocycles. The molecule has 0 unspecified atom stereocenters. The monoisotopic (exact) mass is 459 g/mol. The van der Waals surface area contributed by atoms with Gasteiger partial charge < -0.3 is 19.0 Å². The Morgan fingerprint density at radius 1 is 1.09 bits per heavy atom. The molecule has 2 heterocycles. The van der Waals surface area contributed by atoms with Crippen LogP contribution in [-0.4, -0.2) is 52.6 Å². The lowest BCUT2D eigenvalue weighted by atomic mass is 10.1. The maximum atomic E-state index is 15.3. The number of benzene rings is 1. The minimum Gasteiger partial charge on any atom is -0.464 e. The zero-order chi connectivity index (χ0) is 23.5. The van der Waals surface area contributed by atoms with Crippen molar-refractivity contribution in [3.8, 4) is 0 Å². The molecule has 0 amide bonds. The Morgan fingerprint density at radius 3 is 2.31 bits per heavy atom. The molecule has 0 bridgehead atoms. The number of ether oxygens (including phenoxy) is 1. The number of carbonyl (C=O) groups excluding carboxylic acids is 1. The molecule has 6 nitrogen and oxygen atoms in total. The first-order valence-electron chi connectivity index (χ1n) is 11.0. The SMILES string of the molecule is COC(=O)c1ccc(N2CCN(c3cccc(CO[Si](C)(C)C(C)(C)C)c3F)CC2)cn1. The van der Waals surface area contributed by atoms with Crippen LogP contribution in [0.25, 0.3) is 0 Å². The van der Waals surface area contributed by atoms with Gasteiger partial charge in [-0.15, -0.1) is 0 Å². The summed E-state index contributed by atoms with van der Waals surface area (Å²) >= 11 is 0. The smallest absolute Gasteiger partial charge is 0.356 e. The van der Waals surface area contributed by atoms with Gasteiger partial charge in [-0.1, -0.05) is 32.9 Å². The van der Waals surface area contributed by atoms with Gasteiger partial charge in [0.1, 0.15) is 5.69 Å². The predicted molar refractivity (Wildman–Crippen MR) is 128 cm³/mol. The van der Waals surface area contributed by atoms with E-state index in [1.165, 1.54) is 7.11 Å². The van der Waals surface area contributed by atoms with Crippen molar-refractivity contribution in [2.45, 2.75) is 45.5 Å². The van der Waals surface area contributed by atoms with Gasteiger partial charge >= 0.3 is 5.97 Å². The van der Waals surface area contributed by atoms with Crippen LogP contribution < -0.4 is 9.80 Å². The van der Waals surface area contributed by atoms with Crippen molar-refractivity contribution in [1.82, 2.24) is 4.98 Å². The third-order valence-electron chi connectivity index (χ3n) is 6.58. The predicted octanol–water partition coefficient (Wildman–Crippen LogP) is 4.86. The van der Waals surface area contributed by atoms with Gasteiger partial charge in [0.15, 0.2) is 14.1 Å². The van der Waals surface area contributed by atoms with E-state index in [1.54, 1.807) is 12.3 Å². The largest absolute Gasteiger partial charge is 0.464 e. The van der Waals surface area contributed by atoms with Crippen molar-refractivity contribution in [3.63, 3.8) is 0 Å². The molecule has 0 aliphatic carbocycles. The average molecular weight is 460 g/mol. The fraction of sp³-hybridized carbons (Fsp3) is 0.500. The van der Waals surface area contributed by atoms with Crippen LogP contribution in [0.15, 0.2) is 36.5 Å². The van der Waals surface area contributed by atoms with Gasteiger partial charge in [-0.2, -0.15) is 0 Å². The Hall–Kier alpha value is -2.45. The van der Waals surface area contributed by atoms with Crippen LogP contribution in [0, 0.1) is 5.82 Å². The van der Waals surface area contributed by atoms with Crippen LogP contribution in [-0.2, 0) is 15.8 Å². The summed E-state index contributed by atoms with van der Waals surface area (Å²) in [6, 6.07) is 9.10. The summed E-state index contributed by atoms with van der Waals surface area (Å²) in [5.74, 6) is -0.641. The highest BCUT2D eigenvalue weighted by atomic mass is 28.4. The Labute approximate surface area is 191 Å². The maximum Gasteiger partial charge on any atom is 0.356 e. The van der Waals surface area contributed by atoms with E-state index in [9.17, 15) is 4.79 Å². The molecule has 1 aromatic heterocycles. The zero-order valence-electron chi connectivity index (χ0n) is 19.9. The minimum atomic E-state index is -1.95. The second kappa shape index (κ2) is 9.58. The molecule has 1 aliphatic heterocycles. The van der Waals surface area contributed by atoms with Crippen LogP contribution in [0.2, 0.25) is 18.1 Å². The molecule has 0 radical (unpaired) electrons. The molecular formula is C24H34FN3O3Si. The summed E-state index contributed by atoms with van der Waals surface area (Å²) < 4.78 is 26.3. The number of hydrogen-bond donors (Lipinski definition) is 0. The molecular weight excluding hydrogens is 425 g/mol. The minimum absolute atomic E-state index is 0.0846. The van der Waals surface area contributed by atoms with Gasteiger partial charge in [-0.3, -0.25) is 0 Å². The van der Waals surface area contributed by atoms with E-state index in [-0.39, 0.29) is 16.5 Å². The summed E-state index contributed by atoms with van der Waals surface area (Å²) in [5, 5.41) is 0.0846. The third-order valence-corrected chi connectivity index (χ3v) is 11.1. The number of nitrogens with zero attached hydrogens (tertiary/aromatic N) is 3. The van der Waals surface area contributed by atoms with Gasteiger partial charge in [-0.25, -0.2) is 14.2 Å². The number of methoxy groups -OCH3 is 1. The van der Waals surface area contributed by atoms with Crippen molar-refractivity contribution < 1.29 is 18.3 Å². The molecule has 0 saturated carbocycles. The lowest BCUT2D eigenvalue weighted by Crippen LogP contribution is -2.47. The molecule has 32 heavy (non-hydrogen) atoms. The van der Waals surface area contributed by atoms with Gasteiger partial charge in [0.25, 0.3) is 0 Å². The fourth-order valence-electron chi connectivity index (χ4n) is 3.40. The lowest BCUT2D eigenvalue weighted by Gasteiger charge is -2.38. The van der Waals surface area contributed by atoms with Crippen molar-refractivity contribution in [2.24, 2.45) is 0 Å².